The van der Waals surface area contributed by atoms with Crippen molar-refractivity contribution in [3.8, 4) is 0 Å². The molecule has 1 fully saturated rings. The van der Waals surface area contributed by atoms with Gasteiger partial charge in [0, 0.05) is 24.8 Å². The number of halogens is 4. The standard InChI is InChI=1S/C23H29FN4O2.C2HF3O2/c1-17-4-3-5-21(26-17)14-25-23(30)27(2)15-18-10-12-28(13-11-18)16-22(29)19-6-8-20(24)9-7-19;3-2(4,5)1(6)7/h3-9,18H,10-16H2,1-2H3,(H,25,30);(H,6,7). The maximum absolute atomic E-state index is 13.0. The highest BCUT2D eigenvalue weighted by Gasteiger charge is 2.38. The minimum absolute atomic E-state index is 0.00899. The van der Waals surface area contributed by atoms with Crippen LogP contribution in [0.25, 0.3) is 0 Å². The summed E-state index contributed by atoms with van der Waals surface area (Å²) in [5, 5.41) is 10.0. The van der Waals surface area contributed by atoms with E-state index in [-0.39, 0.29) is 17.6 Å². The number of amides is 2. The number of nitrogens with zero attached hydrogens (tertiary/aromatic N) is 3. The molecule has 1 aliphatic heterocycles. The van der Waals surface area contributed by atoms with E-state index in [1.807, 2.05) is 32.2 Å². The summed E-state index contributed by atoms with van der Waals surface area (Å²) in [6.45, 7) is 5.01. The van der Waals surface area contributed by atoms with E-state index in [0.717, 1.165) is 37.3 Å². The van der Waals surface area contributed by atoms with Crippen LogP contribution in [-0.4, -0.2) is 77.1 Å². The molecule has 202 valence electrons. The lowest BCUT2D eigenvalue weighted by Crippen LogP contribution is -2.43. The van der Waals surface area contributed by atoms with Crippen LogP contribution < -0.4 is 5.32 Å². The number of aryl methyl sites for hydroxylation is 1. The van der Waals surface area contributed by atoms with Gasteiger partial charge in [-0.25, -0.2) is 14.0 Å². The Kier molecular flexibility index (Phi) is 11.0. The van der Waals surface area contributed by atoms with Crippen LogP contribution in [-0.2, 0) is 11.3 Å². The number of pyridine rings is 1. The maximum atomic E-state index is 13.0. The number of Topliss-reactive ketones (excluding diaryl/α,β-unsaturated/α-hetero) is 1. The summed E-state index contributed by atoms with van der Waals surface area (Å²) in [7, 11) is 1.81. The third kappa shape index (κ3) is 10.5. The molecule has 0 saturated carbocycles. The molecule has 2 aromatic rings. The summed E-state index contributed by atoms with van der Waals surface area (Å²) >= 11 is 0. The Morgan fingerprint density at radius 1 is 1.11 bits per heavy atom. The highest BCUT2D eigenvalue weighted by molar-refractivity contribution is 5.97. The number of urea groups is 1. The SMILES string of the molecule is Cc1cccc(CNC(=O)N(C)CC2CCN(CC(=O)c3ccc(F)cc3)CC2)n1.O=C(O)C(F)(F)F. The Hall–Kier alpha value is -3.54. The van der Waals surface area contributed by atoms with E-state index < -0.39 is 12.1 Å². The maximum Gasteiger partial charge on any atom is 0.490 e. The molecule has 0 aliphatic carbocycles. The second kappa shape index (κ2) is 13.7. The van der Waals surface area contributed by atoms with Gasteiger partial charge in [0.1, 0.15) is 5.82 Å². The number of benzene rings is 1. The first kappa shape index (κ1) is 29.7. The summed E-state index contributed by atoms with van der Waals surface area (Å²) in [6, 6.07) is 11.3. The van der Waals surface area contributed by atoms with Crippen molar-refractivity contribution in [1.82, 2.24) is 20.1 Å². The number of hydrogen-bond acceptors (Lipinski definition) is 5. The average molecular weight is 527 g/mol. The van der Waals surface area contributed by atoms with Crippen LogP contribution in [0.2, 0.25) is 0 Å². The van der Waals surface area contributed by atoms with Crippen LogP contribution in [0.15, 0.2) is 42.5 Å². The minimum Gasteiger partial charge on any atom is -0.475 e. The number of carboxylic acids is 1. The number of hydrogen-bond donors (Lipinski definition) is 2. The lowest BCUT2D eigenvalue weighted by Gasteiger charge is -2.33. The molecule has 2 N–H and O–H groups in total. The molecule has 3 rings (SSSR count). The molecule has 12 heteroatoms. The highest BCUT2D eigenvalue weighted by Crippen LogP contribution is 2.19. The third-order valence-corrected chi connectivity index (χ3v) is 5.73. The molecule has 1 saturated heterocycles. The van der Waals surface area contributed by atoms with E-state index in [4.69, 9.17) is 9.90 Å². The Morgan fingerprint density at radius 3 is 2.24 bits per heavy atom. The topological polar surface area (TPSA) is 103 Å². The molecule has 2 amide bonds. The summed E-state index contributed by atoms with van der Waals surface area (Å²) in [4.78, 5) is 41.9. The second-order valence-corrected chi connectivity index (χ2v) is 8.76. The van der Waals surface area contributed by atoms with E-state index in [1.165, 1.54) is 24.3 Å². The van der Waals surface area contributed by atoms with Gasteiger partial charge in [-0.2, -0.15) is 13.2 Å². The first-order valence-electron chi connectivity index (χ1n) is 11.6. The zero-order chi connectivity index (χ0) is 27.6. The van der Waals surface area contributed by atoms with E-state index >= 15 is 0 Å². The number of aromatic nitrogens is 1. The molecular formula is C25H30F4N4O4. The van der Waals surface area contributed by atoms with Crippen LogP contribution in [0, 0.1) is 18.7 Å². The fraction of sp³-hybridized carbons (Fsp3) is 0.440. The van der Waals surface area contributed by atoms with Crippen LogP contribution in [0.1, 0.15) is 34.6 Å². The van der Waals surface area contributed by atoms with Crippen molar-refractivity contribution in [2.75, 3.05) is 33.2 Å². The number of ketones is 1. The zero-order valence-electron chi connectivity index (χ0n) is 20.6. The number of likely N-dealkylation sites (tertiary alicyclic amines) is 1. The molecule has 0 radical (unpaired) electrons. The molecule has 1 aliphatic rings. The summed E-state index contributed by atoms with van der Waals surface area (Å²) < 4.78 is 44.7. The first-order valence-corrected chi connectivity index (χ1v) is 11.6. The van der Waals surface area contributed by atoms with Gasteiger partial charge in [-0.1, -0.05) is 6.07 Å². The quantitative estimate of drug-likeness (QED) is 0.419. The first-order chi connectivity index (χ1) is 17.3. The highest BCUT2D eigenvalue weighted by atomic mass is 19.4. The fourth-order valence-electron chi connectivity index (χ4n) is 3.73. The Labute approximate surface area is 212 Å². The molecule has 37 heavy (non-hydrogen) atoms. The van der Waals surface area contributed by atoms with Crippen LogP contribution in [0.5, 0.6) is 0 Å². The summed E-state index contributed by atoms with van der Waals surface area (Å²) in [5.41, 5.74) is 2.31. The third-order valence-electron chi connectivity index (χ3n) is 5.73. The molecule has 0 spiro atoms. The van der Waals surface area contributed by atoms with Gasteiger partial charge in [-0.05, 0) is 75.2 Å². The zero-order valence-corrected chi connectivity index (χ0v) is 20.6. The number of carbonyl (C=O) groups excluding carboxylic acids is 2. The second-order valence-electron chi connectivity index (χ2n) is 8.76. The Bertz CT molecular complexity index is 1060. The van der Waals surface area contributed by atoms with Crippen LogP contribution >= 0.6 is 0 Å². The number of alkyl halides is 3. The van der Waals surface area contributed by atoms with Gasteiger partial charge in [0.15, 0.2) is 5.78 Å². The number of carboxylic acid groups (broad SMARTS) is 1. The number of rotatable bonds is 7. The van der Waals surface area contributed by atoms with Crippen LogP contribution in [0.4, 0.5) is 22.4 Å². The normalized spacial score (nSPS) is 14.3. The Balaban J connectivity index is 0.000000604. The molecule has 0 unspecified atom stereocenters. The number of nitrogens with one attached hydrogen (secondary N) is 1. The predicted molar refractivity (Wildman–Crippen MR) is 127 cm³/mol. The largest absolute Gasteiger partial charge is 0.490 e. The molecule has 0 atom stereocenters. The molecule has 1 aromatic carbocycles. The van der Waals surface area contributed by atoms with Gasteiger partial charge in [0.25, 0.3) is 0 Å². The van der Waals surface area contributed by atoms with Gasteiger partial charge >= 0.3 is 18.2 Å². The van der Waals surface area contributed by atoms with Gasteiger partial charge < -0.3 is 15.3 Å². The van der Waals surface area contributed by atoms with Crippen LogP contribution in [0.3, 0.4) is 0 Å². The Morgan fingerprint density at radius 2 is 1.70 bits per heavy atom. The molecule has 1 aromatic heterocycles. The van der Waals surface area contributed by atoms with Crippen molar-refractivity contribution in [2.24, 2.45) is 5.92 Å². The van der Waals surface area contributed by atoms with Crippen molar-refractivity contribution in [3.63, 3.8) is 0 Å². The van der Waals surface area contributed by atoms with Crippen molar-refractivity contribution < 1.29 is 37.1 Å². The number of piperidine rings is 1. The van der Waals surface area contributed by atoms with Crippen molar-refractivity contribution in [3.05, 3.63) is 65.2 Å². The lowest BCUT2D eigenvalue weighted by atomic mass is 9.96. The van der Waals surface area contributed by atoms with Gasteiger partial charge in [-0.15, -0.1) is 0 Å². The fourth-order valence-corrected chi connectivity index (χ4v) is 3.73. The van der Waals surface area contributed by atoms with Crippen molar-refractivity contribution >= 4 is 17.8 Å². The summed E-state index contributed by atoms with van der Waals surface area (Å²) in [6.07, 6.45) is -3.21. The number of aliphatic carboxylic acids is 1. The van der Waals surface area contributed by atoms with E-state index in [0.29, 0.717) is 31.1 Å². The smallest absolute Gasteiger partial charge is 0.475 e. The minimum atomic E-state index is -5.08. The van der Waals surface area contributed by atoms with E-state index in [9.17, 15) is 27.2 Å². The van der Waals surface area contributed by atoms with Crippen molar-refractivity contribution in [2.45, 2.75) is 32.5 Å². The predicted octanol–water partition coefficient (Wildman–Crippen LogP) is 3.90. The van der Waals surface area contributed by atoms with Gasteiger partial charge in [-0.3, -0.25) is 14.7 Å². The number of carbonyl (C=O) groups is 3. The lowest BCUT2D eigenvalue weighted by molar-refractivity contribution is -0.192. The van der Waals surface area contributed by atoms with E-state index in [1.54, 1.807) is 4.90 Å². The molecular weight excluding hydrogens is 496 g/mol. The van der Waals surface area contributed by atoms with Gasteiger partial charge in [0.05, 0.1) is 18.8 Å². The summed E-state index contributed by atoms with van der Waals surface area (Å²) in [5.74, 6) is -2.67. The van der Waals surface area contributed by atoms with E-state index in [2.05, 4.69) is 15.2 Å². The van der Waals surface area contributed by atoms with Crippen molar-refractivity contribution in [1.29, 1.82) is 0 Å². The molecule has 0 bridgehead atoms. The average Bonchev–Trinajstić information content (AvgIpc) is 2.84. The molecule has 2 heterocycles. The monoisotopic (exact) mass is 526 g/mol. The molecule has 8 nitrogen and oxygen atoms in total. The van der Waals surface area contributed by atoms with Gasteiger partial charge in [0.2, 0.25) is 0 Å².